The van der Waals surface area contributed by atoms with Crippen LogP contribution in [-0.2, 0) is 0 Å². The van der Waals surface area contributed by atoms with E-state index in [1.165, 1.54) is 89.9 Å². The van der Waals surface area contributed by atoms with Crippen molar-refractivity contribution >= 4 is 12.2 Å². The lowest BCUT2D eigenvalue weighted by Gasteiger charge is -2.15. The molecule has 4 nitrogen and oxygen atoms in total. The smallest absolute Gasteiger partial charge is 0.127 e. The van der Waals surface area contributed by atoms with Crippen LogP contribution in [0.5, 0.6) is 23.0 Å². The zero-order valence-corrected chi connectivity index (χ0v) is 27.8. The molecule has 0 spiro atoms. The Balaban J connectivity index is 2.04. The van der Waals surface area contributed by atoms with E-state index in [9.17, 15) is 0 Å². The van der Waals surface area contributed by atoms with Gasteiger partial charge in [-0.05, 0) is 62.1 Å². The van der Waals surface area contributed by atoms with Crippen molar-refractivity contribution in [3.63, 3.8) is 0 Å². The second-order valence-corrected chi connectivity index (χ2v) is 11.7. The molecule has 42 heavy (non-hydrogen) atoms. The molecule has 0 aliphatic carbocycles. The molecule has 0 unspecified atom stereocenters. The average Bonchev–Trinajstić information content (AvgIpc) is 2.99. The molecule has 0 fully saturated rings. The molecule has 0 aliphatic rings. The third kappa shape index (κ3) is 13.6. The quantitative estimate of drug-likeness (QED) is 0.0914. The minimum absolute atomic E-state index is 0.729. The van der Waals surface area contributed by atoms with Gasteiger partial charge in [0.25, 0.3) is 0 Å². The van der Waals surface area contributed by atoms with Crippen molar-refractivity contribution in [3.8, 4) is 23.0 Å². The van der Waals surface area contributed by atoms with Gasteiger partial charge in [0.05, 0.1) is 27.4 Å². The molecule has 236 valence electrons. The molecule has 0 saturated heterocycles. The maximum absolute atomic E-state index is 6.32. The number of aryl methyl sites for hydroxylation is 2. The summed E-state index contributed by atoms with van der Waals surface area (Å²) in [4.78, 5) is 0. The van der Waals surface area contributed by atoms with Crippen molar-refractivity contribution in [1.82, 2.24) is 0 Å². The average molecular weight is 581 g/mol. The van der Waals surface area contributed by atoms with Gasteiger partial charge in [-0.3, -0.25) is 0 Å². The summed E-state index contributed by atoms with van der Waals surface area (Å²) in [5.41, 5.74) is 4.16. The molecule has 2 aromatic carbocycles. The van der Waals surface area contributed by atoms with Crippen LogP contribution in [0.3, 0.4) is 0 Å². The highest BCUT2D eigenvalue weighted by Crippen LogP contribution is 2.33. The summed E-state index contributed by atoms with van der Waals surface area (Å²) in [7, 11) is 3.44. The maximum atomic E-state index is 6.32. The number of methoxy groups -OCH3 is 2. The molecule has 0 radical (unpaired) electrons. The summed E-state index contributed by atoms with van der Waals surface area (Å²) in [6.45, 7) is 10.1. The second kappa shape index (κ2) is 22.0. The summed E-state index contributed by atoms with van der Waals surface area (Å²) in [5, 5.41) is 0. The molecular formula is C38H60O4. The fraction of sp³-hybridized carbons (Fsp3) is 0.632. The molecule has 0 N–H and O–H groups in total. The molecule has 0 aliphatic heterocycles. The van der Waals surface area contributed by atoms with Crippen LogP contribution in [0.15, 0.2) is 24.3 Å². The first-order valence-corrected chi connectivity index (χ1v) is 16.8. The summed E-state index contributed by atoms with van der Waals surface area (Å²) < 4.78 is 23.9. The van der Waals surface area contributed by atoms with E-state index < -0.39 is 0 Å². The van der Waals surface area contributed by atoms with Crippen LogP contribution in [0.2, 0.25) is 0 Å². The third-order valence-electron chi connectivity index (χ3n) is 8.01. The number of rotatable bonds is 24. The summed E-state index contributed by atoms with van der Waals surface area (Å²) in [6.07, 6.45) is 24.8. The molecular weight excluding hydrogens is 520 g/mol. The van der Waals surface area contributed by atoms with Crippen molar-refractivity contribution in [3.05, 3.63) is 46.5 Å². The van der Waals surface area contributed by atoms with Gasteiger partial charge in [0.1, 0.15) is 23.0 Å². The standard InChI is InChI=1S/C38H60O4/c1-7-9-11-13-15-17-19-21-25-41-37-27-31(3)35(39-5)29-33(37)23-24-34-30-36(40-6)32(4)28-38(34)42-26-22-20-18-16-14-12-10-8-2/h23-24,27-30H,7-22,25-26H2,1-6H3. The highest BCUT2D eigenvalue weighted by atomic mass is 16.5. The molecule has 0 amide bonds. The van der Waals surface area contributed by atoms with Crippen LogP contribution < -0.4 is 18.9 Å². The molecule has 2 rings (SSSR count). The second-order valence-electron chi connectivity index (χ2n) is 11.7. The Morgan fingerprint density at radius 3 is 1.12 bits per heavy atom. The number of benzene rings is 2. The predicted molar refractivity (Wildman–Crippen MR) is 181 cm³/mol. The first kappa shape index (κ1) is 35.6. The van der Waals surface area contributed by atoms with E-state index in [0.29, 0.717) is 0 Å². The van der Waals surface area contributed by atoms with Gasteiger partial charge in [-0.25, -0.2) is 0 Å². The molecule has 0 atom stereocenters. The Morgan fingerprint density at radius 2 is 0.786 bits per heavy atom. The Morgan fingerprint density at radius 1 is 0.452 bits per heavy atom. The number of ether oxygens (including phenoxy) is 4. The zero-order chi connectivity index (χ0) is 30.4. The number of unbranched alkanes of at least 4 members (excludes halogenated alkanes) is 14. The van der Waals surface area contributed by atoms with Crippen LogP contribution in [0.25, 0.3) is 12.2 Å². The van der Waals surface area contributed by atoms with Crippen LogP contribution in [0.1, 0.15) is 139 Å². The number of hydrogen-bond donors (Lipinski definition) is 0. The van der Waals surface area contributed by atoms with Crippen molar-refractivity contribution in [2.45, 2.75) is 130 Å². The maximum Gasteiger partial charge on any atom is 0.127 e. The van der Waals surface area contributed by atoms with E-state index in [1.807, 2.05) is 0 Å². The van der Waals surface area contributed by atoms with Gasteiger partial charge in [0.15, 0.2) is 0 Å². The van der Waals surface area contributed by atoms with E-state index in [1.54, 1.807) is 14.2 Å². The topological polar surface area (TPSA) is 36.9 Å². The largest absolute Gasteiger partial charge is 0.496 e. The Labute approximate surface area is 258 Å². The van der Waals surface area contributed by atoms with Crippen LogP contribution >= 0.6 is 0 Å². The van der Waals surface area contributed by atoms with E-state index in [0.717, 1.165) is 71.3 Å². The van der Waals surface area contributed by atoms with E-state index in [2.05, 4.69) is 64.1 Å². The first-order valence-electron chi connectivity index (χ1n) is 16.8. The van der Waals surface area contributed by atoms with Crippen molar-refractivity contribution in [1.29, 1.82) is 0 Å². The predicted octanol–water partition coefficient (Wildman–Crippen LogP) is 11.5. The molecule has 2 aromatic rings. The lowest BCUT2D eigenvalue weighted by atomic mass is 10.1. The lowest BCUT2D eigenvalue weighted by Crippen LogP contribution is -2.01. The van der Waals surface area contributed by atoms with Crippen LogP contribution in [0, 0.1) is 13.8 Å². The Kier molecular flexibility index (Phi) is 18.6. The van der Waals surface area contributed by atoms with Crippen molar-refractivity contribution in [2.75, 3.05) is 27.4 Å². The van der Waals surface area contributed by atoms with Gasteiger partial charge in [-0.15, -0.1) is 0 Å². The molecule has 0 aromatic heterocycles. The Hall–Kier alpha value is -2.62. The van der Waals surface area contributed by atoms with Gasteiger partial charge in [0, 0.05) is 11.1 Å². The molecule has 0 saturated carbocycles. The third-order valence-corrected chi connectivity index (χ3v) is 8.01. The van der Waals surface area contributed by atoms with E-state index in [4.69, 9.17) is 18.9 Å². The van der Waals surface area contributed by atoms with Gasteiger partial charge in [0.2, 0.25) is 0 Å². The zero-order valence-electron chi connectivity index (χ0n) is 27.8. The number of hydrogen-bond acceptors (Lipinski definition) is 4. The lowest BCUT2D eigenvalue weighted by molar-refractivity contribution is 0.302. The highest BCUT2D eigenvalue weighted by Gasteiger charge is 2.11. The minimum Gasteiger partial charge on any atom is -0.496 e. The van der Waals surface area contributed by atoms with Crippen molar-refractivity contribution < 1.29 is 18.9 Å². The molecule has 4 heteroatoms. The summed E-state index contributed by atoms with van der Waals surface area (Å²) >= 11 is 0. The SMILES string of the molecule is CCCCCCCCCCOc1cc(C)c(OC)cc1C=Cc1cc(OC)c(C)cc1OCCCCCCCCCC. The normalized spacial score (nSPS) is 11.3. The van der Waals surface area contributed by atoms with Crippen LogP contribution in [-0.4, -0.2) is 27.4 Å². The van der Waals surface area contributed by atoms with E-state index >= 15 is 0 Å². The first-order chi connectivity index (χ1) is 20.5. The molecule has 0 heterocycles. The Bertz CT molecular complexity index is 945. The fourth-order valence-electron chi connectivity index (χ4n) is 5.32. The van der Waals surface area contributed by atoms with Gasteiger partial charge in [-0.2, -0.15) is 0 Å². The minimum atomic E-state index is 0.729. The van der Waals surface area contributed by atoms with Gasteiger partial charge < -0.3 is 18.9 Å². The van der Waals surface area contributed by atoms with E-state index in [-0.39, 0.29) is 0 Å². The van der Waals surface area contributed by atoms with Crippen LogP contribution in [0.4, 0.5) is 0 Å². The van der Waals surface area contributed by atoms with Gasteiger partial charge >= 0.3 is 0 Å². The summed E-state index contributed by atoms with van der Waals surface area (Å²) in [6, 6.07) is 8.33. The van der Waals surface area contributed by atoms with Gasteiger partial charge in [-0.1, -0.05) is 116 Å². The summed E-state index contributed by atoms with van der Waals surface area (Å²) in [5.74, 6) is 3.52. The molecule has 0 bridgehead atoms. The highest BCUT2D eigenvalue weighted by molar-refractivity contribution is 5.77. The fourth-order valence-corrected chi connectivity index (χ4v) is 5.32. The monoisotopic (exact) mass is 580 g/mol. The van der Waals surface area contributed by atoms with Crippen molar-refractivity contribution in [2.24, 2.45) is 0 Å².